The number of carbonyl (C=O) groups excluding carboxylic acids is 2. The zero-order valence-corrected chi connectivity index (χ0v) is 18.2. The molecule has 0 bridgehead atoms. The van der Waals surface area contributed by atoms with E-state index < -0.39 is 0 Å². The molecule has 0 aromatic heterocycles. The highest BCUT2D eigenvalue weighted by Crippen LogP contribution is 2.33. The molecule has 1 aliphatic heterocycles. The molecule has 1 aromatic carbocycles. The van der Waals surface area contributed by atoms with Gasteiger partial charge < -0.3 is 30.2 Å². The summed E-state index contributed by atoms with van der Waals surface area (Å²) in [4.78, 5) is 26.2. The van der Waals surface area contributed by atoms with Crippen molar-refractivity contribution in [2.75, 3.05) is 41.0 Å². The summed E-state index contributed by atoms with van der Waals surface area (Å²) in [5.74, 6) is 1.36. The Labute approximate surface area is 178 Å². The lowest BCUT2D eigenvalue weighted by molar-refractivity contribution is -0.132. The molecule has 2 amide bonds. The molecule has 164 valence electrons. The first kappa shape index (κ1) is 25.0. The van der Waals surface area contributed by atoms with Crippen LogP contribution < -0.4 is 20.5 Å². The predicted octanol–water partition coefficient (Wildman–Crippen LogP) is 1.27. The van der Waals surface area contributed by atoms with E-state index in [0.717, 1.165) is 12.0 Å². The summed E-state index contributed by atoms with van der Waals surface area (Å²) in [5, 5.41) is 2.81. The van der Waals surface area contributed by atoms with E-state index in [0.29, 0.717) is 50.5 Å². The summed E-state index contributed by atoms with van der Waals surface area (Å²) in [6, 6.07) is 3.93. The maximum atomic E-state index is 12.5. The second kappa shape index (κ2) is 12.5. The zero-order valence-electron chi connectivity index (χ0n) is 17.4. The van der Waals surface area contributed by atoms with Crippen LogP contribution in [0.15, 0.2) is 12.1 Å². The minimum Gasteiger partial charge on any atom is -0.493 e. The Morgan fingerprint density at radius 2 is 1.83 bits per heavy atom. The molecule has 0 radical (unpaired) electrons. The number of fused-ring (bicyclic) bond motifs is 1. The molecule has 9 heteroatoms. The Morgan fingerprint density at radius 1 is 1.17 bits per heavy atom. The SMILES string of the molecule is COc1cc2c(cc1OC)CN(C(=O)CCCNC(=O)CC(CN)OC)CC2.Cl. The molecule has 0 spiro atoms. The largest absolute Gasteiger partial charge is 0.493 e. The number of carbonyl (C=O) groups is 2. The molecular weight excluding hydrogens is 398 g/mol. The van der Waals surface area contributed by atoms with Crippen LogP contribution in [0, 0.1) is 0 Å². The number of benzene rings is 1. The van der Waals surface area contributed by atoms with Crippen LogP contribution in [0.3, 0.4) is 0 Å². The Hall–Kier alpha value is -2.03. The number of nitrogens with one attached hydrogen (secondary N) is 1. The number of hydrogen-bond acceptors (Lipinski definition) is 6. The summed E-state index contributed by atoms with van der Waals surface area (Å²) in [6.07, 6.45) is 1.74. The van der Waals surface area contributed by atoms with Crippen molar-refractivity contribution in [2.45, 2.75) is 38.3 Å². The number of methoxy groups -OCH3 is 3. The fourth-order valence-corrected chi connectivity index (χ4v) is 3.26. The van der Waals surface area contributed by atoms with Gasteiger partial charge in [-0.05, 0) is 36.1 Å². The van der Waals surface area contributed by atoms with Gasteiger partial charge >= 0.3 is 0 Å². The fraction of sp³-hybridized carbons (Fsp3) is 0.600. The number of amides is 2. The van der Waals surface area contributed by atoms with Crippen LogP contribution in [0.4, 0.5) is 0 Å². The molecule has 1 atom stereocenters. The molecule has 1 unspecified atom stereocenters. The predicted molar refractivity (Wildman–Crippen MR) is 113 cm³/mol. The molecule has 1 aliphatic rings. The Kier molecular flexibility index (Phi) is 10.8. The highest BCUT2D eigenvalue weighted by atomic mass is 35.5. The van der Waals surface area contributed by atoms with E-state index >= 15 is 0 Å². The van der Waals surface area contributed by atoms with Gasteiger partial charge in [0.05, 0.1) is 26.7 Å². The van der Waals surface area contributed by atoms with Crippen LogP contribution in [0.1, 0.15) is 30.4 Å². The third-order valence-corrected chi connectivity index (χ3v) is 4.97. The number of nitrogens with two attached hydrogens (primary N) is 1. The van der Waals surface area contributed by atoms with Gasteiger partial charge in [-0.15, -0.1) is 12.4 Å². The van der Waals surface area contributed by atoms with Crippen molar-refractivity contribution in [3.8, 4) is 11.5 Å². The third kappa shape index (κ3) is 7.06. The van der Waals surface area contributed by atoms with Crippen molar-refractivity contribution in [1.82, 2.24) is 10.2 Å². The zero-order chi connectivity index (χ0) is 20.5. The monoisotopic (exact) mass is 429 g/mol. The quantitative estimate of drug-likeness (QED) is 0.543. The molecule has 29 heavy (non-hydrogen) atoms. The average Bonchev–Trinajstić information content (AvgIpc) is 2.73. The van der Waals surface area contributed by atoms with Crippen LogP contribution in [0.25, 0.3) is 0 Å². The minimum atomic E-state index is -0.273. The van der Waals surface area contributed by atoms with Crippen molar-refractivity contribution in [3.63, 3.8) is 0 Å². The van der Waals surface area contributed by atoms with Gasteiger partial charge in [-0.2, -0.15) is 0 Å². The number of ether oxygens (including phenoxy) is 3. The molecule has 3 N–H and O–H groups in total. The second-order valence-corrected chi connectivity index (χ2v) is 6.79. The van der Waals surface area contributed by atoms with Crippen molar-refractivity contribution in [2.24, 2.45) is 5.73 Å². The molecule has 0 fully saturated rings. The van der Waals surface area contributed by atoms with E-state index in [4.69, 9.17) is 19.9 Å². The lowest BCUT2D eigenvalue weighted by Gasteiger charge is -2.29. The second-order valence-electron chi connectivity index (χ2n) is 6.79. The van der Waals surface area contributed by atoms with Gasteiger partial charge in [-0.25, -0.2) is 0 Å². The summed E-state index contributed by atoms with van der Waals surface area (Å²) < 4.78 is 15.8. The molecule has 0 saturated heterocycles. The maximum absolute atomic E-state index is 12.5. The van der Waals surface area contributed by atoms with Crippen molar-refractivity contribution < 1.29 is 23.8 Å². The van der Waals surface area contributed by atoms with E-state index in [1.54, 1.807) is 14.2 Å². The standard InChI is InChI=1S/C20H31N3O5.ClH/c1-26-16(12-21)11-19(24)22-7-4-5-20(25)23-8-6-14-9-17(27-2)18(28-3)10-15(14)13-23;/h9-10,16H,4-8,11-13,21H2,1-3H3,(H,22,24);1H. The van der Waals surface area contributed by atoms with Crippen molar-refractivity contribution in [3.05, 3.63) is 23.3 Å². The first-order chi connectivity index (χ1) is 13.5. The van der Waals surface area contributed by atoms with Gasteiger partial charge in [0, 0.05) is 39.7 Å². The van der Waals surface area contributed by atoms with Crippen LogP contribution in [0.2, 0.25) is 0 Å². The lowest BCUT2D eigenvalue weighted by Crippen LogP contribution is -2.36. The molecule has 1 heterocycles. The van der Waals surface area contributed by atoms with Crippen molar-refractivity contribution >= 4 is 24.2 Å². The third-order valence-electron chi connectivity index (χ3n) is 4.97. The molecule has 1 aromatic rings. The lowest BCUT2D eigenvalue weighted by atomic mass is 9.98. The van der Waals surface area contributed by atoms with Gasteiger partial charge in [-0.1, -0.05) is 0 Å². The molecule has 0 saturated carbocycles. The summed E-state index contributed by atoms with van der Waals surface area (Å²) in [5.41, 5.74) is 7.77. The van der Waals surface area contributed by atoms with Gasteiger partial charge in [-0.3, -0.25) is 9.59 Å². The number of rotatable bonds is 10. The van der Waals surface area contributed by atoms with E-state index in [1.807, 2.05) is 17.0 Å². The maximum Gasteiger partial charge on any atom is 0.222 e. The van der Waals surface area contributed by atoms with Crippen LogP contribution in [0.5, 0.6) is 11.5 Å². The number of halogens is 1. The first-order valence-corrected chi connectivity index (χ1v) is 9.53. The van der Waals surface area contributed by atoms with Gasteiger partial charge in [0.2, 0.25) is 11.8 Å². The highest BCUT2D eigenvalue weighted by molar-refractivity contribution is 5.85. The van der Waals surface area contributed by atoms with Gasteiger partial charge in [0.25, 0.3) is 0 Å². The van der Waals surface area contributed by atoms with E-state index in [2.05, 4.69) is 5.32 Å². The van der Waals surface area contributed by atoms with Crippen LogP contribution >= 0.6 is 12.4 Å². The summed E-state index contributed by atoms with van der Waals surface area (Å²) in [6.45, 7) is 2.00. The van der Waals surface area contributed by atoms with Crippen LogP contribution in [-0.2, 0) is 27.3 Å². The highest BCUT2D eigenvalue weighted by Gasteiger charge is 2.22. The molecular formula is C20H32ClN3O5. The van der Waals surface area contributed by atoms with E-state index in [1.165, 1.54) is 12.7 Å². The fourth-order valence-electron chi connectivity index (χ4n) is 3.26. The van der Waals surface area contributed by atoms with Gasteiger partial charge in [0.15, 0.2) is 11.5 Å². The van der Waals surface area contributed by atoms with Crippen LogP contribution in [-0.4, -0.2) is 63.8 Å². The first-order valence-electron chi connectivity index (χ1n) is 9.53. The topological polar surface area (TPSA) is 103 Å². The van der Waals surface area contributed by atoms with E-state index in [9.17, 15) is 9.59 Å². The average molecular weight is 430 g/mol. The summed E-state index contributed by atoms with van der Waals surface area (Å²) >= 11 is 0. The van der Waals surface area contributed by atoms with E-state index in [-0.39, 0.29) is 36.7 Å². The summed E-state index contributed by atoms with van der Waals surface area (Å²) in [7, 11) is 4.76. The molecule has 8 nitrogen and oxygen atoms in total. The normalized spacial score (nSPS) is 13.7. The number of nitrogens with zero attached hydrogens (tertiary/aromatic N) is 1. The van der Waals surface area contributed by atoms with Gasteiger partial charge in [0.1, 0.15) is 0 Å². The van der Waals surface area contributed by atoms with Crippen molar-refractivity contribution in [1.29, 1.82) is 0 Å². The Balaban J connectivity index is 0.00000420. The minimum absolute atomic E-state index is 0. The molecule has 2 rings (SSSR count). The smallest absolute Gasteiger partial charge is 0.222 e. The Morgan fingerprint density at radius 3 is 2.41 bits per heavy atom. The Bertz CT molecular complexity index is 682. The molecule has 0 aliphatic carbocycles. The number of hydrogen-bond donors (Lipinski definition) is 2.